The van der Waals surface area contributed by atoms with Crippen LogP contribution < -0.4 is 11.1 Å². The fraction of sp³-hybridized carbons (Fsp3) is 0.0385. The number of carbonyl (C=O) groups excluding carboxylic acids is 2. The zero-order valence-electron chi connectivity index (χ0n) is 17.9. The fourth-order valence-electron chi connectivity index (χ4n) is 3.33. The predicted octanol–water partition coefficient (Wildman–Crippen LogP) is 5.14. The molecular weight excluding hydrogens is 471 g/mol. The van der Waals surface area contributed by atoms with Crippen molar-refractivity contribution in [2.24, 2.45) is 5.73 Å². The molecule has 1 heterocycles. The van der Waals surface area contributed by atoms with Gasteiger partial charge in [0.05, 0.1) is 39.9 Å². The van der Waals surface area contributed by atoms with Gasteiger partial charge in [-0.3, -0.25) is 9.59 Å². The molecule has 0 bridgehead atoms. The van der Waals surface area contributed by atoms with E-state index >= 15 is 0 Å². The molecule has 34 heavy (non-hydrogen) atoms. The first-order valence-electron chi connectivity index (χ1n) is 10.4. The van der Waals surface area contributed by atoms with Crippen LogP contribution in [0.15, 0.2) is 90.6 Å². The maximum Gasteiger partial charge on any atom is 0.257 e. The van der Waals surface area contributed by atoms with Crippen molar-refractivity contribution >= 4 is 41.0 Å². The first kappa shape index (κ1) is 23.4. The molecule has 0 spiro atoms. The van der Waals surface area contributed by atoms with E-state index in [0.717, 1.165) is 11.3 Å². The maximum absolute atomic E-state index is 12.9. The number of carbonyl (C=O) groups is 2. The minimum absolute atomic E-state index is 0.0233. The second kappa shape index (κ2) is 10.5. The van der Waals surface area contributed by atoms with Crippen molar-refractivity contribution in [2.45, 2.75) is 0 Å². The number of para-hydroxylation sites is 1. The number of aromatic nitrogens is 2. The van der Waals surface area contributed by atoms with E-state index in [1.54, 1.807) is 16.8 Å². The van der Waals surface area contributed by atoms with Gasteiger partial charge in [0.1, 0.15) is 0 Å². The third-order valence-electron chi connectivity index (χ3n) is 5.01. The molecule has 6 nitrogen and oxygen atoms in total. The number of nitrogens with one attached hydrogen (secondary N) is 1. The highest BCUT2D eigenvalue weighted by molar-refractivity contribution is 6.36. The van der Waals surface area contributed by atoms with Gasteiger partial charge in [-0.2, -0.15) is 5.10 Å². The number of halogens is 2. The first-order valence-corrected chi connectivity index (χ1v) is 11.1. The summed E-state index contributed by atoms with van der Waals surface area (Å²) in [4.78, 5) is 25.5. The molecule has 0 aliphatic carbocycles. The normalized spacial score (nSPS) is 11.3. The molecule has 170 valence electrons. The molecule has 0 aliphatic rings. The number of rotatable bonds is 7. The highest BCUT2D eigenvalue weighted by Crippen LogP contribution is 2.24. The molecule has 8 heteroatoms. The molecule has 0 fully saturated rings. The van der Waals surface area contributed by atoms with Gasteiger partial charge in [-0.25, -0.2) is 4.68 Å². The van der Waals surface area contributed by atoms with Crippen molar-refractivity contribution in [2.75, 3.05) is 6.54 Å². The Labute approximate surface area is 206 Å². The predicted molar refractivity (Wildman–Crippen MR) is 135 cm³/mol. The summed E-state index contributed by atoms with van der Waals surface area (Å²) in [5.41, 5.74) is 8.84. The Morgan fingerprint density at radius 1 is 0.941 bits per heavy atom. The van der Waals surface area contributed by atoms with E-state index in [-0.39, 0.29) is 22.8 Å². The summed E-state index contributed by atoms with van der Waals surface area (Å²) in [5.74, 6) is -0.996. The molecule has 0 aliphatic heterocycles. The lowest BCUT2D eigenvalue weighted by Crippen LogP contribution is -2.31. The Morgan fingerprint density at radius 2 is 1.62 bits per heavy atom. The molecule has 0 radical (unpaired) electrons. The summed E-state index contributed by atoms with van der Waals surface area (Å²) in [6.07, 6.45) is 1.56. The monoisotopic (exact) mass is 490 g/mol. The van der Waals surface area contributed by atoms with Crippen molar-refractivity contribution in [3.8, 4) is 16.9 Å². The van der Waals surface area contributed by atoms with Gasteiger partial charge in [0, 0.05) is 10.6 Å². The minimum Gasteiger partial charge on any atom is -0.324 e. The summed E-state index contributed by atoms with van der Waals surface area (Å²) >= 11 is 12.1. The van der Waals surface area contributed by atoms with Gasteiger partial charge in [0.2, 0.25) is 0 Å². The van der Waals surface area contributed by atoms with Crippen LogP contribution in [0.5, 0.6) is 0 Å². The summed E-state index contributed by atoms with van der Waals surface area (Å²) in [7, 11) is 0. The topological polar surface area (TPSA) is 90.0 Å². The number of benzene rings is 3. The smallest absolute Gasteiger partial charge is 0.257 e. The molecule has 0 atom stereocenters. The molecule has 3 N–H and O–H groups in total. The van der Waals surface area contributed by atoms with Crippen molar-refractivity contribution in [1.29, 1.82) is 0 Å². The van der Waals surface area contributed by atoms with E-state index in [1.807, 2.05) is 66.7 Å². The van der Waals surface area contributed by atoms with Gasteiger partial charge in [-0.05, 0) is 42.5 Å². The number of hydrogen-bond donors (Lipinski definition) is 2. The number of hydrogen-bond acceptors (Lipinski definition) is 4. The fourth-order valence-corrected chi connectivity index (χ4v) is 3.83. The quantitative estimate of drug-likeness (QED) is 0.350. The Balaban J connectivity index is 1.78. The number of Topliss-reactive ketones (excluding diaryl/α,β-unsaturated/α-hetero) is 1. The molecule has 4 rings (SSSR count). The average Bonchev–Trinajstić information content (AvgIpc) is 3.28. The molecule has 0 saturated carbocycles. The van der Waals surface area contributed by atoms with Crippen LogP contribution in [-0.4, -0.2) is 28.0 Å². The van der Waals surface area contributed by atoms with Crippen LogP contribution in [0.25, 0.3) is 23.0 Å². The van der Waals surface area contributed by atoms with Crippen LogP contribution >= 0.6 is 23.2 Å². The van der Waals surface area contributed by atoms with E-state index in [1.165, 1.54) is 12.1 Å². The lowest BCUT2D eigenvalue weighted by atomic mass is 10.1. The van der Waals surface area contributed by atoms with Gasteiger partial charge in [-0.1, -0.05) is 71.7 Å². The van der Waals surface area contributed by atoms with Gasteiger partial charge in [-0.15, -0.1) is 0 Å². The van der Waals surface area contributed by atoms with Gasteiger partial charge in [0.15, 0.2) is 5.78 Å². The zero-order valence-corrected chi connectivity index (χ0v) is 19.4. The lowest BCUT2D eigenvalue weighted by Gasteiger charge is -2.11. The molecular formula is C26H20Cl2N4O2. The van der Waals surface area contributed by atoms with E-state index in [0.29, 0.717) is 16.4 Å². The van der Waals surface area contributed by atoms with Gasteiger partial charge in [0.25, 0.3) is 5.91 Å². The van der Waals surface area contributed by atoms with Crippen molar-refractivity contribution in [1.82, 2.24) is 15.1 Å². The molecule has 3 aromatic carbocycles. The van der Waals surface area contributed by atoms with Crippen molar-refractivity contribution in [3.05, 3.63) is 112 Å². The molecule has 0 unspecified atom stereocenters. The standard InChI is InChI=1S/C26H20Cl2N4O2/c27-18-11-12-21(22(28)13-18)26(34)30-24(25(33)16-29)15-20-14-23(17-7-3-1-4-8-17)31-32(20)19-9-5-2-6-10-19/h1-15H,16,29H2,(H,30,34)/b24-15-. The highest BCUT2D eigenvalue weighted by Gasteiger charge is 2.18. The third-order valence-corrected chi connectivity index (χ3v) is 5.56. The SMILES string of the molecule is NCC(=O)/C(=C/c1cc(-c2ccccc2)nn1-c1ccccc1)NC(=O)c1ccc(Cl)cc1Cl. The molecule has 0 saturated heterocycles. The molecule has 1 aromatic heterocycles. The number of nitrogens with zero attached hydrogens (tertiary/aromatic N) is 2. The van der Waals surface area contributed by atoms with Gasteiger partial charge >= 0.3 is 0 Å². The van der Waals surface area contributed by atoms with Crippen LogP contribution in [0.3, 0.4) is 0 Å². The van der Waals surface area contributed by atoms with Crippen LogP contribution in [0.4, 0.5) is 0 Å². The van der Waals surface area contributed by atoms with Crippen molar-refractivity contribution in [3.63, 3.8) is 0 Å². The Bertz CT molecular complexity index is 1370. The Morgan fingerprint density at radius 3 is 2.26 bits per heavy atom. The largest absolute Gasteiger partial charge is 0.324 e. The van der Waals surface area contributed by atoms with E-state index < -0.39 is 11.7 Å². The summed E-state index contributed by atoms with van der Waals surface area (Å²) in [5, 5.41) is 7.95. The third kappa shape index (κ3) is 5.26. The minimum atomic E-state index is -0.552. The van der Waals surface area contributed by atoms with E-state index in [2.05, 4.69) is 5.32 Å². The van der Waals surface area contributed by atoms with Crippen LogP contribution in [0.1, 0.15) is 16.1 Å². The summed E-state index contributed by atoms with van der Waals surface area (Å²) < 4.78 is 1.70. The highest BCUT2D eigenvalue weighted by atomic mass is 35.5. The van der Waals surface area contributed by atoms with Crippen molar-refractivity contribution < 1.29 is 9.59 Å². The maximum atomic E-state index is 12.9. The van der Waals surface area contributed by atoms with Gasteiger partial charge < -0.3 is 11.1 Å². The Kier molecular flexibility index (Phi) is 7.23. The number of nitrogens with two attached hydrogens (primary N) is 1. The van der Waals surface area contributed by atoms with Crippen LogP contribution in [-0.2, 0) is 4.79 Å². The molecule has 1 amide bonds. The second-order valence-corrected chi connectivity index (χ2v) is 8.18. The zero-order chi connectivity index (χ0) is 24.1. The first-order chi connectivity index (χ1) is 16.5. The Hall–Kier alpha value is -3.71. The van der Waals surface area contributed by atoms with Crippen LogP contribution in [0.2, 0.25) is 10.0 Å². The average molecular weight is 491 g/mol. The van der Waals surface area contributed by atoms with E-state index in [9.17, 15) is 9.59 Å². The number of amides is 1. The van der Waals surface area contributed by atoms with E-state index in [4.69, 9.17) is 34.0 Å². The number of ketones is 1. The second-order valence-electron chi connectivity index (χ2n) is 7.33. The summed E-state index contributed by atoms with van der Waals surface area (Å²) in [6, 6.07) is 25.5. The summed E-state index contributed by atoms with van der Waals surface area (Å²) in [6.45, 7) is -0.286. The molecule has 4 aromatic rings. The van der Waals surface area contributed by atoms with Crippen LogP contribution in [0, 0.1) is 0 Å². The lowest BCUT2D eigenvalue weighted by molar-refractivity contribution is -0.114.